The summed E-state index contributed by atoms with van der Waals surface area (Å²) in [6.07, 6.45) is 0. The van der Waals surface area contributed by atoms with Crippen LogP contribution >= 0.6 is 11.3 Å². The summed E-state index contributed by atoms with van der Waals surface area (Å²) < 4.78 is 5.15. The van der Waals surface area contributed by atoms with Crippen LogP contribution in [0.15, 0.2) is 17.5 Å². The van der Waals surface area contributed by atoms with Crippen molar-refractivity contribution in [2.24, 2.45) is 0 Å². The number of hydrogen-bond donors (Lipinski definition) is 1. The van der Waals surface area contributed by atoms with Gasteiger partial charge in [0.25, 0.3) is 0 Å². The molecule has 2 heterocycles. The number of aromatic nitrogens is 2. The summed E-state index contributed by atoms with van der Waals surface area (Å²) in [4.78, 5) is 10.2. The van der Waals surface area contributed by atoms with Gasteiger partial charge in [0.05, 0.1) is 17.2 Å². The molecule has 0 unspecified atom stereocenters. The van der Waals surface area contributed by atoms with E-state index < -0.39 is 0 Å². The van der Waals surface area contributed by atoms with Gasteiger partial charge in [-0.05, 0) is 30.9 Å². The largest absolute Gasteiger partial charge is 0.378 e. The maximum absolute atomic E-state index is 5.15. The van der Waals surface area contributed by atoms with Crippen molar-refractivity contribution in [2.45, 2.75) is 20.5 Å². The fourth-order valence-electron chi connectivity index (χ4n) is 1.69. The lowest BCUT2D eigenvalue weighted by molar-refractivity contribution is 0.181. The summed E-state index contributed by atoms with van der Waals surface area (Å²) in [6, 6.07) is 4.01. The molecule has 0 spiro atoms. The van der Waals surface area contributed by atoms with Crippen molar-refractivity contribution in [3.63, 3.8) is 0 Å². The third-order valence-corrected chi connectivity index (χ3v) is 3.51. The fraction of sp³-hybridized carbons (Fsp3) is 0.385. The van der Waals surface area contributed by atoms with E-state index in [4.69, 9.17) is 4.74 Å². The van der Waals surface area contributed by atoms with Crippen molar-refractivity contribution in [3.05, 3.63) is 28.8 Å². The minimum atomic E-state index is 0.498. The first-order valence-electron chi connectivity index (χ1n) is 5.89. The molecule has 2 rings (SSSR count). The Balaban J connectivity index is 2.42. The Morgan fingerprint density at radius 1 is 1.39 bits per heavy atom. The summed E-state index contributed by atoms with van der Waals surface area (Å²) in [6.45, 7) is 5.46. The second-order valence-corrected chi connectivity index (χ2v) is 4.88. The predicted molar refractivity (Wildman–Crippen MR) is 75.0 cm³/mol. The van der Waals surface area contributed by atoms with Crippen LogP contribution in [0.2, 0.25) is 0 Å². The molecule has 0 bridgehead atoms. The number of rotatable bonds is 5. The van der Waals surface area contributed by atoms with Crippen LogP contribution < -0.4 is 5.32 Å². The highest BCUT2D eigenvalue weighted by Crippen LogP contribution is 2.27. The molecule has 18 heavy (non-hydrogen) atoms. The zero-order chi connectivity index (χ0) is 13.0. The minimum Gasteiger partial charge on any atom is -0.378 e. The molecule has 0 fully saturated rings. The van der Waals surface area contributed by atoms with Gasteiger partial charge >= 0.3 is 0 Å². The number of ether oxygens (including phenoxy) is 1. The average molecular weight is 263 g/mol. The summed E-state index contributed by atoms with van der Waals surface area (Å²) in [5, 5.41) is 5.29. The van der Waals surface area contributed by atoms with Crippen LogP contribution in [0, 0.1) is 6.92 Å². The number of nitrogens with zero attached hydrogens (tertiary/aromatic N) is 2. The normalized spacial score (nSPS) is 10.6. The van der Waals surface area contributed by atoms with E-state index in [1.54, 1.807) is 18.4 Å². The van der Waals surface area contributed by atoms with Gasteiger partial charge in [-0.15, -0.1) is 11.3 Å². The lowest BCUT2D eigenvalue weighted by atomic mass is 10.2. The molecule has 0 aliphatic rings. The molecule has 0 saturated heterocycles. The van der Waals surface area contributed by atoms with Gasteiger partial charge in [0.1, 0.15) is 5.82 Å². The highest BCUT2D eigenvalue weighted by Gasteiger charge is 2.10. The zero-order valence-electron chi connectivity index (χ0n) is 10.9. The molecule has 2 aromatic heterocycles. The van der Waals surface area contributed by atoms with Crippen LogP contribution in [-0.4, -0.2) is 23.6 Å². The Morgan fingerprint density at radius 3 is 2.83 bits per heavy atom. The summed E-state index contributed by atoms with van der Waals surface area (Å²) >= 11 is 1.66. The monoisotopic (exact) mass is 263 g/mol. The molecular formula is C13H17N3OS. The van der Waals surface area contributed by atoms with E-state index in [9.17, 15) is 0 Å². The lowest BCUT2D eigenvalue weighted by Gasteiger charge is -2.08. The highest BCUT2D eigenvalue weighted by atomic mass is 32.1. The highest BCUT2D eigenvalue weighted by molar-refractivity contribution is 7.13. The van der Waals surface area contributed by atoms with Crippen LogP contribution in [0.5, 0.6) is 0 Å². The van der Waals surface area contributed by atoms with Gasteiger partial charge in [-0.3, -0.25) is 0 Å². The molecule has 2 aromatic rings. The van der Waals surface area contributed by atoms with Gasteiger partial charge < -0.3 is 10.1 Å². The quantitative estimate of drug-likeness (QED) is 0.900. The summed E-state index contributed by atoms with van der Waals surface area (Å²) in [5.41, 5.74) is 2.10. The van der Waals surface area contributed by atoms with E-state index in [0.717, 1.165) is 28.8 Å². The summed E-state index contributed by atoms with van der Waals surface area (Å²) in [5.74, 6) is 1.62. The molecule has 5 heteroatoms. The van der Waals surface area contributed by atoms with E-state index >= 15 is 0 Å². The first-order chi connectivity index (χ1) is 8.74. The zero-order valence-corrected chi connectivity index (χ0v) is 11.7. The van der Waals surface area contributed by atoms with Crippen LogP contribution in [0.25, 0.3) is 10.7 Å². The van der Waals surface area contributed by atoms with E-state index in [1.807, 2.05) is 13.0 Å². The van der Waals surface area contributed by atoms with Crippen molar-refractivity contribution < 1.29 is 4.74 Å². The summed E-state index contributed by atoms with van der Waals surface area (Å²) in [7, 11) is 1.67. The Kier molecular flexibility index (Phi) is 4.28. The number of thiophene rings is 1. The molecule has 96 valence electrons. The maximum Gasteiger partial charge on any atom is 0.172 e. The molecule has 0 aromatic carbocycles. The topological polar surface area (TPSA) is 47.0 Å². The second-order valence-electron chi connectivity index (χ2n) is 3.96. The average Bonchev–Trinajstić information content (AvgIpc) is 2.76. The van der Waals surface area contributed by atoms with Gasteiger partial charge in [-0.2, -0.15) is 0 Å². The van der Waals surface area contributed by atoms with Gasteiger partial charge in [0, 0.05) is 19.7 Å². The Bertz CT molecular complexity index is 500. The number of nitrogens with one attached hydrogen (secondary N) is 1. The van der Waals surface area contributed by atoms with Crippen molar-refractivity contribution in [2.75, 3.05) is 19.0 Å². The van der Waals surface area contributed by atoms with E-state index in [1.165, 1.54) is 5.56 Å². The fourth-order valence-corrected chi connectivity index (χ4v) is 2.55. The molecular weight excluding hydrogens is 246 g/mol. The Hall–Kier alpha value is -1.46. The molecule has 4 nitrogen and oxygen atoms in total. The van der Waals surface area contributed by atoms with E-state index in [-0.39, 0.29) is 0 Å². The van der Waals surface area contributed by atoms with Crippen molar-refractivity contribution in [1.82, 2.24) is 9.97 Å². The molecule has 0 amide bonds. The van der Waals surface area contributed by atoms with Crippen LogP contribution in [0.1, 0.15) is 18.2 Å². The molecule has 0 radical (unpaired) electrons. The van der Waals surface area contributed by atoms with Crippen LogP contribution in [0.3, 0.4) is 0 Å². The predicted octanol–water partition coefficient (Wildman–Crippen LogP) is 3.09. The van der Waals surface area contributed by atoms with Crippen molar-refractivity contribution in [3.8, 4) is 10.7 Å². The smallest absolute Gasteiger partial charge is 0.172 e. The van der Waals surface area contributed by atoms with Crippen molar-refractivity contribution >= 4 is 17.2 Å². The van der Waals surface area contributed by atoms with E-state index in [2.05, 4.69) is 33.7 Å². The number of anilines is 1. The first kappa shape index (κ1) is 13.0. The standard InChI is InChI=1S/C13H17N3OS/c1-4-14-11-7-10(8-17-3)15-13(16-11)12-9(2)5-6-18-12/h5-7H,4,8H2,1-3H3,(H,14,15,16). The SMILES string of the molecule is CCNc1cc(COC)nc(-c2sccc2C)n1. The maximum atomic E-state index is 5.15. The minimum absolute atomic E-state index is 0.498. The van der Waals surface area contributed by atoms with Crippen LogP contribution in [0.4, 0.5) is 5.82 Å². The van der Waals surface area contributed by atoms with Gasteiger partial charge in [0.15, 0.2) is 5.82 Å². The third kappa shape index (κ3) is 2.86. The van der Waals surface area contributed by atoms with Gasteiger partial charge in [-0.25, -0.2) is 9.97 Å². The molecule has 0 saturated carbocycles. The Morgan fingerprint density at radius 2 is 2.22 bits per heavy atom. The number of methoxy groups -OCH3 is 1. The second kappa shape index (κ2) is 5.93. The molecule has 0 atom stereocenters. The lowest BCUT2D eigenvalue weighted by Crippen LogP contribution is -2.04. The third-order valence-electron chi connectivity index (χ3n) is 2.49. The molecule has 1 N–H and O–H groups in total. The molecule has 0 aliphatic heterocycles. The Labute approximate surface area is 111 Å². The van der Waals surface area contributed by atoms with Gasteiger partial charge in [-0.1, -0.05) is 0 Å². The van der Waals surface area contributed by atoms with E-state index in [0.29, 0.717) is 6.61 Å². The number of hydrogen-bond acceptors (Lipinski definition) is 5. The van der Waals surface area contributed by atoms with Gasteiger partial charge in [0.2, 0.25) is 0 Å². The first-order valence-corrected chi connectivity index (χ1v) is 6.77. The van der Waals surface area contributed by atoms with Crippen molar-refractivity contribution in [1.29, 1.82) is 0 Å². The van der Waals surface area contributed by atoms with Crippen LogP contribution in [-0.2, 0) is 11.3 Å². The number of aryl methyl sites for hydroxylation is 1. The molecule has 0 aliphatic carbocycles.